The highest BCUT2D eigenvalue weighted by molar-refractivity contribution is 9.10. The van der Waals surface area contributed by atoms with Gasteiger partial charge in [-0.1, -0.05) is 53.2 Å². The number of hydrogen-bond acceptors (Lipinski definition) is 5. The quantitative estimate of drug-likeness (QED) is 0.311. The largest absolute Gasteiger partial charge is 0.493 e. The van der Waals surface area contributed by atoms with E-state index in [2.05, 4.69) is 15.9 Å². The van der Waals surface area contributed by atoms with Crippen molar-refractivity contribution in [1.82, 2.24) is 4.90 Å². The van der Waals surface area contributed by atoms with Gasteiger partial charge in [0.25, 0.3) is 5.91 Å². The summed E-state index contributed by atoms with van der Waals surface area (Å²) in [6, 6.07) is 9.01. The third-order valence-electron chi connectivity index (χ3n) is 4.11. The Kier molecular flexibility index (Phi) is 7.51. The van der Waals surface area contributed by atoms with Crippen molar-refractivity contribution in [3.63, 3.8) is 0 Å². The van der Waals surface area contributed by atoms with Gasteiger partial charge in [-0.2, -0.15) is 0 Å². The van der Waals surface area contributed by atoms with Crippen LogP contribution in [0.4, 0.5) is 0 Å². The number of methoxy groups -OCH3 is 1. The van der Waals surface area contributed by atoms with Gasteiger partial charge in [-0.15, -0.1) is 0 Å². The van der Waals surface area contributed by atoms with Crippen LogP contribution in [0.2, 0.25) is 10.0 Å². The van der Waals surface area contributed by atoms with Crippen LogP contribution in [-0.4, -0.2) is 28.8 Å². The number of amides is 1. The van der Waals surface area contributed by atoms with Crippen molar-refractivity contribution in [2.24, 2.45) is 0 Å². The lowest BCUT2D eigenvalue weighted by Gasteiger charge is -2.14. The molecule has 0 N–H and O–H groups in total. The van der Waals surface area contributed by atoms with Crippen LogP contribution in [0.15, 0.2) is 39.7 Å². The predicted octanol–water partition coefficient (Wildman–Crippen LogP) is 6.56. The number of carbonyl (C=O) groups excluding carboxylic acids is 1. The summed E-state index contributed by atoms with van der Waals surface area (Å²) in [7, 11) is 1.56. The van der Waals surface area contributed by atoms with E-state index in [1.165, 1.54) is 11.8 Å². The number of ether oxygens (including phenoxy) is 2. The molecule has 1 amide bonds. The number of rotatable bonds is 6. The van der Waals surface area contributed by atoms with Gasteiger partial charge in [-0.05, 0) is 64.3 Å². The summed E-state index contributed by atoms with van der Waals surface area (Å²) in [4.78, 5) is 14.6. The van der Waals surface area contributed by atoms with E-state index in [1.807, 2.05) is 25.1 Å². The Morgan fingerprint density at radius 1 is 1.24 bits per heavy atom. The first-order valence-corrected chi connectivity index (χ1v) is 11.3. The number of nitrogens with zero attached hydrogens (tertiary/aromatic N) is 1. The molecule has 0 aromatic heterocycles. The average Bonchev–Trinajstić information content (AvgIpc) is 2.95. The number of thiocarbonyl (C=S) groups is 1. The lowest BCUT2D eigenvalue weighted by molar-refractivity contribution is -0.121. The van der Waals surface area contributed by atoms with Crippen molar-refractivity contribution in [3.05, 3.63) is 60.9 Å². The first-order valence-electron chi connectivity index (χ1n) is 8.53. The minimum absolute atomic E-state index is 0.0856. The van der Waals surface area contributed by atoms with E-state index in [0.29, 0.717) is 48.4 Å². The molecule has 4 nitrogen and oxygen atoms in total. The second-order valence-corrected chi connectivity index (χ2v) is 9.34. The van der Waals surface area contributed by atoms with Gasteiger partial charge < -0.3 is 9.47 Å². The molecule has 0 aliphatic carbocycles. The summed E-state index contributed by atoms with van der Waals surface area (Å²) in [6.45, 7) is 2.74. The normalized spacial score (nSPS) is 15.3. The fourth-order valence-corrected chi connectivity index (χ4v) is 4.95. The lowest BCUT2D eigenvalue weighted by Crippen LogP contribution is -2.27. The summed E-state index contributed by atoms with van der Waals surface area (Å²) in [5, 5.41) is 0.963. The Labute approximate surface area is 197 Å². The van der Waals surface area contributed by atoms with Crippen molar-refractivity contribution in [2.75, 3.05) is 13.7 Å². The molecule has 2 aromatic rings. The average molecular weight is 533 g/mol. The topological polar surface area (TPSA) is 38.8 Å². The van der Waals surface area contributed by atoms with Crippen molar-refractivity contribution in [3.8, 4) is 11.5 Å². The minimum Gasteiger partial charge on any atom is -0.493 e. The van der Waals surface area contributed by atoms with Gasteiger partial charge in [-0.3, -0.25) is 9.69 Å². The number of benzene rings is 2. The third kappa shape index (κ3) is 5.09. The molecule has 1 aliphatic rings. The van der Waals surface area contributed by atoms with Gasteiger partial charge in [0, 0.05) is 6.54 Å². The van der Waals surface area contributed by atoms with Crippen molar-refractivity contribution in [2.45, 2.75) is 13.5 Å². The molecule has 1 heterocycles. The maximum atomic E-state index is 12.4. The summed E-state index contributed by atoms with van der Waals surface area (Å²) in [5.74, 6) is 1.01. The molecule has 1 saturated heterocycles. The number of hydrogen-bond donors (Lipinski definition) is 0. The van der Waals surface area contributed by atoms with Crippen LogP contribution in [0.25, 0.3) is 6.08 Å². The Bertz CT molecular complexity index is 1010. The molecule has 9 heteroatoms. The molecular weight excluding hydrogens is 517 g/mol. The second-order valence-electron chi connectivity index (χ2n) is 6.00. The molecule has 0 spiro atoms. The van der Waals surface area contributed by atoms with Gasteiger partial charge in [-0.25, -0.2) is 0 Å². The molecule has 1 aliphatic heterocycles. The minimum atomic E-state index is -0.0856. The van der Waals surface area contributed by atoms with Gasteiger partial charge in [0.05, 0.1) is 26.5 Å². The smallest absolute Gasteiger partial charge is 0.266 e. The fraction of sp³-hybridized carbons (Fsp3) is 0.200. The summed E-state index contributed by atoms with van der Waals surface area (Å²) in [5.41, 5.74) is 1.67. The van der Waals surface area contributed by atoms with Crippen LogP contribution >= 0.6 is 63.1 Å². The summed E-state index contributed by atoms with van der Waals surface area (Å²) >= 11 is 22.1. The molecule has 0 atom stereocenters. The van der Waals surface area contributed by atoms with Gasteiger partial charge in [0.1, 0.15) is 10.9 Å². The second kappa shape index (κ2) is 9.71. The molecule has 0 radical (unpaired) electrons. The molecule has 0 saturated carbocycles. The van der Waals surface area contributed by atoms with Crippen LogP contribution in [0.5, 0.6) is 11.5 Å². The van der Waals surface area contributed by atoms with E-state index in [0.717, 1.165) is 11.1 Å². The SMILES string of the molecule is CCN1C(=O)/C(=C/c2cc(Br)c(OCc3ccc(Cl)c(Cl)c3)c(OC)c2)SC1=S. The maximum absolute atomic E-state index is 12.4. The predicted molar refractivity (Wildman–Crippen MR) is 127 cm³/mol. The van der Waals surface area contributed by atoms with E-state index < -0.39 is 0 Å². The van der Waals surface area contributed by atoms with Crippen LogP contribution in [0, 0.1) is 0 Å². The molecule has 3 rings (SSSR count). The summed E-state index contributed by atoms with van der Waals surface area (Å²) < 4.78 is 12.7. The first kappa shape index (κ1) is 22.4. The van der Waals surface area contributed by atoms with E-state index in [1.54, 1.807) is 30.2 Å². The Morgan fingerprint density at radius 2 is 2.00 bits per heavy atom. The van der Waals surface area contributed by atoms with Gasteiger partial charge in [0.2, 0.25) is 0 Å². The Hall–Kier alpha value is -1.25. The van der Waals surface area contributed by atoms with Crippen LogP contribution in [0.3, 0.4) is 0 Å². The molecule has 0 unspecified atom stereocenters. The number of thioether (sulfide) groups is 1. The number of halogens is 3. The van der Waals surface area contributed by atoms with Gasteiger partial charge in [0.15, 0.2) is 11.5 Å². The zero-order valence-corrected chi connectivity index (χ0v) is 20.2. The Balaban J connectivity index is 1.84. The highest BCUT2D eigenvalue weighted by atomic mass is 79.9. The van der Waals surface area contributed by atoms with Crippen LogP contribution in [-0.2, 0) is 11.4 Å². The lowest BCUT2D eigenvalue weighted by atomic mass is 10.1. The molecular formula is C20H16BrCl2NO3S2. The molecule has 2 aromatic carbocycles. The first-order chi connectivity index (χ1) is 13.8. The highest BCUT2D eigenvalue weighted by Gasteiger charge is 2.30. The molecule has 29 heavy (non-hydrogen) atoms. The van der Waals surface area contributed by atoms with E-state index in [9.17, 15) is 4.79 Å². The standard InChI is InChI=1S/C20H16BrCl2NO3S2/c1-3-24-19(25)17(29-20(24)28)9-12-6-13(21)18(16(8-12)26-2)27-10-11-4-5-14(22)15(23)7-11/h4-9H,3,10H2,1-2H3/b17-9-. The molecule has 0 bridgehead atoms. The zero-order valence-electron chi connectivity index (χ0n) is 15.5. The monoisotopic (exact) mass is 531 g/mol. The number of carbonyl (C=O) groups is 1. The van der Waals surface area contributed by atoms with E-state index in [4.69, 9.17) is 44.9 Å². The van der Waals surface area contributed by atoms with Crippen molar-refractivity contribution < 1.29 is 14.3 Å². The van der Waals surface area contributed by atoms with E-state index >= 15 is 0 Å². The van der Waals surface area contributed by atoms with Crippen LogP contribution in [0.1, 0.15) is 18.1 Å². The molecule has 1 fully saturated rings. The van der Waals surface area contributed by atoms with Gasteiger partial charge >= 0.3 is 0 Å². The number of likely N-dealkylation sites (N-methyl/N-ethyl adjacent to an activating group) is 1. The Morgan fingerprint density at radius 3 is 2.62 bits per heavy atom. The van der Waals surface area contributed by atoms with Crippen molar-refractivity contribution >= 4 is 79.4 Å². The molecule has 152 valence electrons. The zero-order chi connectivity index (χ0) is 21.1. The van der Waals surface area contributed by atoms with E-state index in [-0.39, 0.29) is 5.91 Å². The summed E-state index contributed by atoms with van der Waals surface area (Å²) in [6.07, 6.45) is 1.80. The van der Waals surface area contributed by atoms with Crippen molar-refractivity contribution in [1.29, 1.82) is 0 Å². The highest BCUT2D eigenvalue weighted by Crippen LogP contribution is 2.39. The maximum Gasteiger partial charge on any atom is 0.266 e. The fourth-order valence-electron chi connectivity index (χ4n) is 2.67. The third-order valence-corrected chi connectivity index (χ3v) is 6.81. The van der Waals surface area contributed by atoms with Crippen LogP contribution < -0.4 is 9.47 Å².